The predicted molar refractivity (Wildman–Crippen MR) is 449 cm³/mol. The summed E-state index contributed by atoms with van der Waals surface area (Å²) in [4.78, 5) is 92.1. The lowest BCUT2D eigenvalue weighted by Crippen LogP contribution is -2.50. The summed E-state index contributed by atoms with van der Waals surface area (Å²) in [7, 11) is -9.22. The molecular weight excluding hydrogens is 1520 g/mol. The summed E-state index contributed by atoms with van der Waals surface area (Å²) in [5, 5.41) is 42.5. The van der Waals surface area contributed by atoms with E-state index in [0.29, 0.717) is 96.5 Å². The molecule has 25 nitrogen and oxygen atoms in total. The Bertz CT molecular complexity index is 5640. The van der Waals surface area contributed by atoms with E-state index in [-0.39, 0.29) is 96.5 Å². The van der Waals surface area contributed by atoms with E-state index in [2.05, 4.69) is 105 Å². The molecule has 3 atom stereocenters. The molecule has 1 unspecified atom stereocenters. The van der Waals surface area contributed by atoms with Crippen LogP contribution in [-0.2, 0) is 58.4 Å². The number of hydrogen-bond acceptors (Lipinski definition) is 17. The van der Waals surface area contributed by atoms with Gasteiger partial charge in [0.2, 0.25) is 48.8 Å². The van der Waals surface area contributed by atoms with Crippen molar-refractivity contribution in [3.63, 3.8) is 0 Å². The largest absolute Gasteiger partial charge is 0.508 e. The van der Waals surface area contributed by atoms with E-state index in [0.717, 1.165) is 63.6 Å². The number of aliphatic hydroxyl groups is 1. The lowest BCUT2D eigenvalue weighted by atomic mass is 9.90. The summed E-state index contributed by atoms with van der Waals surface area (Å²) in [6.07, 6.45) is 2.98. The number of hydrogen-bond donors (Lipinski definition) is 5. The van der Waals surface area contributed by atoms with Crippen LogP contribution in [0.3, 0.4) is 0 Å². The zero-order chi connectivity index (χ0) is 82.9. The van der Waals surface area contributed by atoms with Crippen molar-refractivity contribution in [1.82, 2.24) is 54.6 Å². The summed E-state index contributed by atoms with van der Waals surface area (Å²) < 4.78 is 70.8. The maximum absolute atomic E-state index is 15.1. The van der Waals surface area contributed by atoms with Crippen LogP contribution in [0.1, 0.15) is 129 Å². The van der Waals surface area contributed by atoms with Crippen LogP contribution in [0.4, 0.5) is 5.69 Å². The number of aromatic nitrogens is 4. The number of fused-ring (bicyclic) bond motifs is 3. The van der Waals surface area contributed by atoms with Gasteiger partial charge in [-0.25, -0.2) is 26.1 Å². The summed E-state index contributed by atoms with van der Waals surface area (Å²) in [6.45, 7) is 16.1. The van der Waals surface area contributed by atoms with E-state index < -0.39 is 66.2 Å². The minimum atomic E-state index is -4.70. The zero-order valence-corrected chi connectivity index (χ0v) is 68.4. The molecule has 12 rings (SSSR count). The first-order valence-corrected chi connectivity index (χ1v) is 43.0. The molecule has 0 saturated carbocycles. The van der Waals surface area contributed by atoms with E-state index in [1.165, 1.54) is 59.5 Å². The predicted octanol–water partition coefficient (Wildman–Crippen LogP) is 11.0. The first-order valence-electron chi connectivity index (χ1n) is 40.0. The molecule has 5 amide bonds. The second-order valence-electron chi connectivity index (χ2n) is 29.7. The number of sulfonamides is 1. The number of pyridine rings is 1. The Morgan fingerprint density at radius 2 is 1.29 bits per heavy atom. The van der Waals surface area contributed by atoms with Gasteiger partial charge in [-0.3, -0.25) is 33.8 Å². The molecule has 610 valence electrons. The molecular formula is C90H101N12O13S2+. The highest BCUT2D eigenvalue weighted by Gasteiger charge is 2.38. The minimum Gasteiger partial charge on any atom is -0.508 e. The average molecular weight is 1620 g/mol. The van der Waals surface area contributed by atoms with Crippen molar-refractivity contribution in [2.75, 3.05) is 76.9 Å². The van der Waals surface area contributed by atoms with Crippen molar-refractivity contribution < 1.29 is 60.2 Å². The van der Waals surface area contributed by atoms with Gasteiger partial charge in [0.15, 0.2) is 5.78 Å². The second kappa shape index (κ2) is 38.8. The van der Waals surface area contributed by atoms with Crippen LogP contribution >= 0.6 is 0 Å². The molecule has 117 heavy (non-hydrogen) atoms. The maximum atomic E-state index is 15.1. The number of para-hydroxylation sites is 1. The number of ketones is 1. The van der Waals surface area contributed by atoms with Crippen molar-refractivity contribution >= 4 is 82.7 Å². The van der Waals surface area contributed by atoms with Crippen LogP contribution in [0, 0.1) is 5.92 Å². The van der Waals surface area contributed by atoms with Gasteiger partial charge in [0.25, 0.3) is 5.91 Å². The Kier molecular flexibility index (Phi) is 28.0. The molecule has 0 spiro atoms. The van der Waals surface area contributed by atoms with Gasteiger partial charge in [-0.05, 0) is 130 Å². The monoisotopic (exact) mass is 1620 g/mol. The SMILES string of the molecule is CCN(CC)c1ccc2c(-c3ccccc3C(=O)N3CCN(C(=O)CCC(=O)NCCCCCC(=O)N[C@@H](Cc4ccc(C(=O)c5ccccc5)cc4)C(=O)NCc4cn([C@@H](Cc5ccc(O)cc5)C(O)CN(CC(C)C)S(=O)(=O)c5ccccc5S(=O)(=O)c5cccc6cccnc56)nn4)CC3)c3ccc(=[N+](CC)CC)cc-3oc2c1. The van der Waals surface area contributed by atoms with Crippen molar-refractivity contribution in [1.29, 1.82) is 0 Å². The molecule has 4 heterocycles. The molecule has 5 N–H and O–H groups in total. The van der Waals surface area contributed by atoms with E-state index in [9.17, 15) is 47.4 Å². The Labute approximate surface area is 682 Å². The van der Waals surface area contributed by atoms with Gasteiger partial charge >= 0.3 is 0 Å². The molecule has 1 fully saturated rings. The molecule has 1 aliphatic carbocycles. The molecule has 9 aromatic rings. The standard InChI is InChI=1S/C90H100N12O13S2/c1-7-97(8-2)68-39-43-73-78(55-68)115-79-56-69(98(9-3)10-4)40-44-74(79)86(73)71-27-16-17-28-72(71)90(110)100-51-49-99(50-52-100)85(107)46-45-83(105)91-47-20-12-15-32-84(106)94-75(53-62-33-37-66(38-34-62)88(108)65-23-13-11-14-24-65)89(109)93-57-67-59-102(96-95-67)76(54-63-35-41-70(103)42-36-63)77(104)60-101(58-61(5)6)117(113,114)81-30-19-18-29-80(81)116(111,112)82-31-21-25-64-26-22-48-92-87(64)82/h11,13-14,16-19,21-31,33-44,48,55-56,59,61,75-77,104H,7-10,12,15,20,32,45-47,49-54,57-58,60H2,1-6H3,(H3-,91,93,94,103,105,106,109)/p+1/t75-,76-,77?/m0/s1. The Hall–Kier alpha value is -11.8. The fourth-order valence-electron chi connectivity index (χ4n) is 15.1. The second-order valence-corrected chi connectivity index (χ2v) is 33.5. The zero-order valence-electron chi connectivity index (χ0n) is 66.8. The highest BCUT2D eigenvalue weighted by Crippen LogP contribution is 2.43. The van der Waals surface area contributed by atoms with Gasteiger partial charge in [-0.2, -0.15) is 4.31 Å². The van der Waals surface area contributed by atoms with Crippen molar-refractivity contribution in [3.05, 3.63) is 245 Å². The van der Waals surface area contributed by atoms with Crippen LogP contribution in [-0.4, -0.2) is 181 Å². The number of unbranched alkanes of at least 4 members (excludes halogenated alkanes) is 2. The normalized spacial score (nSPS) is 13.4. The maximum Gasteiger partial charge on any atom is 0.254 e. The number of carbonyl (C=O) groups excluding carboxylic acids is 6. The number of aromatic hydroxyl groups is 1. The summed E-state index contributed by atoms with van der Waals surface area (Å²) in [6, 6.07) is 53.2. The number of amides is 5. The highest BCUT2D eigenvalue weighted by atomic mass is 32.2. The Balaban J connectivity index is 0.651. The smallest absolute Gasteiger partial charge is 0.254 e. The number of rotatable bonds is 36. The van der Waals surface area contributed by atoms with Crippen LogP contribution in [0.5, 0.6) is 5.75 Å². The van der Waals surface area contributed by atoms with Gasteiger partial charge in [0.1, 0.15) is 46.8 Å². The fraction of sp³-hybridized carbons (Fsp3) is 0.333. The van der Waals surface area contributed by atoms with E-state index >= 15 is 8.42 Å². The number of anilines is 1. The minimum absolute atomic E-state index is 0.0107. The van der Waals surface area contributed by atoms with Crippen LogP contribution in [0.2, 0.25) is 0 Å². The van der Waals surface area contributed by atoms with Gasteiger partial charge in [0.05, 0.1) is 46.3 Å². The van der Waals surface area contributed by atoms with Crippen molar-refractivity contribution in [2.45, 2.75) is 132 Å². The molecule has 7 aromatic carbocycles. The van der Waals surface area contributed by atoms with E-state index in [1.54, 1.807) is 109 Å². The van der Waals surface area contributed by atoms with Gasteiger partial charge in [0, 0.05) is 147 Å². The molecule has 27 heteroatoms. The molecule has 0 bridgehead atoms. The summed E-state index contributed by atoms with van der Waals surface area (Å²) in [5.74, 6) is -1.41. The molecule has 2 aliphatic heterocycles. The number of nitrogens with zero attached hydrogens (tertiary/aromatic N) is 9. The average Bonchev–Trinajstić information content (AvgIpc) is 0.950. The number of carbonyl (C=O) groups is 6. The number of nitrogens with one attached hydrogen (secondary N) is 3. The fourth-order valence-corrected chi connectivity index (χ4v) is 18.9. The summed E-state index contributed by atoms with van der Waals surface area (Å²) in [5.41, 5.74) is 7.48. The summed E-state index contributed by atoms with van der Waals surface area (Å²) >= 11 is 0. The molecule has 0 radical (unpaired) electrons. The first-order chi connectivity index (χ1) is 56.5. The third kappa shape index (κ3) is 20.4. The Morgan fingerprint density at radius 3 is 2.02 bits per heavy atom. The lowest BCUT2D eigenvalue weighted by molar-refractivity contribution is -0.134. The van der Waals surface area contributed by atoms with Crippen molar-refractivity contribution in [3.8, 4) is 28.2 Å². The quantitative estimate of drug-likeness (QED) is 0.0105. The van der Waals surface area contributed by atoms with Crippen molar-refractivity contribution in [2.24, 2.45) is 5.92 Å². The molecule has 1 saturated heterocycles. The number of sulfone groups is 1. The van der Waals surface area contributed by atoms with Gasteiger partial charge < -0.3 is 45.3 Å². The van der Waals surface area contributed by atoms with Gasteiger partial charge in [-0.1, -0.05) is 141 Å². The van der Waals surface area contributed by atoms with Crippen LogP contribution in [0.15, 0.2) is 226 Å². The topological polar surface area (TPSA) is 320 Å². The Morgan fingerprint density at radius 1 is 0.624 bits per heavy atom. The molecule has 3 aliphatic rings. The van der Waals surface area contributed by atoms with E-state index in [4.69, 9.17) is 4.42 Å². The lowest BCUT2D eigenvalue weighted by Gasteiger charge is -2.35. The third-order valence-electron chi connectivity index (χ3n) is 21.4. The first kappa shape index (κ1) is 84.6. The number of phenols is 1. The number of phenolic OH excluding ortho intramolecular Hbond substituents is 1. The third-order valence-corrected chi connectivity index (χ3v) is 25.2. The number of piperazine rings is 1. The van der Waals surface area contributed by atoms with Crippen LogP contribution < -0.4 is 30.8 Å². The van der Waals surface area contributed by atoms with E-state index in [1.807, 2.05) is 30.3 Å². The number of aliphatic hydroxyl groups excluding tert-OH is 1. The van der Waals surface area contributed by atoms with Gasteiger partial charge in [-0.15, -0.1) is 5.10 Å². The molecule has 2 aromatic heterocycles. The highest BCUT2D eigenvalue weighted by molar-refractivity contribution is 7.93. The van der Waals surface area contributed by atoms with Crippen LogP contribution in [0.25, 0.3) is 44.3 Å². The number of benzene rings is 8.